The Hall–Kier alpha value is -1.36. The molecule has 4 heteroatoms. The smallest absolute Gasteiger partial charge is 0.126 e. The summed E-state index contributed by atoms with van der Waals surface area (Å²) in [5, 5.41) is 10.8. The maximum Gasteiger partial charge on any atom is 0.126 e. The summed E-state index contributed by atoms with van der Waals surface area (Å²) >= 11 is 0. The van der Waals surface area contributed by atoms with Gasteiger partial charge < -0.3 is 14.6 Å². The minimum atomic E-state index is -0.745. The molecule has 1 fully saturated rings. The van der Waals surface area contributed by atoms with Gasteiger partial charge in [-0.3, -0.25) is 4.90 Å². The molecule has 0 radical (unpaired) electrons. The highest BCUT2D eigenvalue weighted by molar-refractivity contribution is 5.57. The summed E-state index contributed by atoms with van der Waals surface area (Å²) < 4.78 is 10.6. The normalized spacial score (nSPS) is 24.9. The number of piperidine rings is 1. The Morgan fingerprint density at radius 3 is 2.65 bits per heavy atom. The van der Waals surface area contributed by atoms with Crippen molar-refractivity contribution in [1.82, 2.24) is 4.90 Å². The number of likely N-dealkylation sites (tertiary alicyclic amines) is 1. The molecule has 1 aliphatic rings. The van der Waals surface area contributed by atoms with Crippen molar-refractivity contribution < 1.29 is 14.6 Å². The van der Waals surface area contributed by atoms with Crippen molar-refractivity contribution >= 4 is 6.08 Å². The van der Waals surface area contributed by atoms with Gasteiger partial charge in [0, 0.05) is 37.7 Å². The van der Waals surface area contributed by atoms with Crippen LogP contribution in [0.5, 0.6) is 5.75 Å². The van der Waals surface area contributed by atoms with Crippen LogP contribution in [-0.4, -0.2) is 56.1 Å². The molecule has 23 heavy (non-hydrogen) atoms. The number of ether oxygens (including phenoxy) is 2. The molecule has 0 spiro atoms. The van der Waals surface area contributed by atoms with Crippen molar-refractivity contribution in [2.45, 2.75) is 25.9 Å². The van der Waals surface area contributed by atoms with Crippen LogP contribution in [0, 0.1) is 5.41 Å². The molecule has 1 atom stereocenters. The first-order chi connectivity index (χ1) is 10.9. The topological polar surface area (TPSA) is 41.9 Å². The molecule has 0 bridgehead atoms. The molecular formula is C19H29NO3. The zero-order valence-corrected chi connectivity index (χ0v) is 14.7. The van der Waals surface area contributed by atoms with Crippen LogP contribution in [0.3, 0.4) is 0 Å². The van der Waals surface area contributed by atoms with E-state index in [1.165, 1.54) is 0 Å². The highest BCUT2D eigenvalue weighted by Crippen LogP contribution is 2.38. The fraction of sp³-hybridized carbons (Fsp3) is 0.579. The SMILES string of the molecule is COC[C@]1(O)CCN(CC=Cc2ccccc2OC)CC1(C)C. The third-order valence-corrected chi connectivity index (χ3v) is 4.90. The molecule has 1 N–H and O–H groups in total. The summed E-state index contributed by atoms with van der Waals surface area (Å²) in [6.45, 7) is 7.21. The monoisotopic (exact) mass is 319 g/mol. The van der Waals surface area contributed by atoms with Crippen molar-refractivity contribution in [3.63, 3.8) is 0 Å². The van der Waals surface area contributed by atoms with Crippen LogP contribution in [0.1, 0.15) is 25.8 Å². The van der Waals surface area contributed by atoms with E-state index >= 15 is 0 Å². The van der Waals surface area contributed by atoms with Gasteiger partial charge in [-0.25, -0.2) is 0 Å². The zero-order valence-electron chi connectivity index (χ0n) is 14.7. The van der Waals surface area contributed by atoms with Gasteiger partial charge in [0.25, 0.3) is 0 Å². The second kappa shape index (κ2) is 7.47. The Balaban J connectivity index is 1.96. The van der Waals surface area contributed by atoms with E-state index in [1.54, 1.807) is 14.2 Å². The molecule has 2 rings (SSSR count). The number of para-hydroxylation sites is 1. The maximum absolute atomic E-state index is 10.8. The van der Waals surface area contributed by atoms with Crippen molar-refractivity contribution in [2.24, 2.45) is 5.41 Å². The molecule has 1 saturated heterocycles. The number of rotatable bonds is 6. The lowest BCUT2D eigenvalue weighted by atomic mass is 9.70. The zero-order chi connectivity index (χ0) is 16.9. The van der Waals surface area contributed by atoms with E-state index in [-0.39, 0.29) is 5.41 Å². The van der Waals surface area contributed by atoms with Crippen LogP contribution in [-0.2, 0) is 4.74 Å². The van der Waals surface area contributed by atoms with Crippen molar-refractivity contribution in [1.29, 1.82) is 0 Å². The van der Waals surface area contributed by atoms with E-state index in [0.29, 0.717) is 6.61 Å². The lowest BCUT2D eigenvalue weighted by molar-refractivity contribution is -0.149. The lowest BCUT2D eigenvalue weighted by Gasteiger charge is -2.49. The van der Waals surface area contributed by atoms with Crippen LogP contribution in [0.25, 0.3) is 6.08 Å². The van der Waals surface area contributed by atoms with Crippen LogP contribution in [0.15, 0.2) is 30.3 Å². The van der Waals surface area contributed by atoms with Crippen molar-refractivity contribution in [3.8, 4) is 5.75 Å². The highest BCUT2D eigenvalue weighted by atomic mass is 16.5. The number of nitrogens with zero attached hydrogens (tertiary/aromatic N) is 1. The minimum absolute atomic E-state index is 0.195. The Bertz CT molecular complexity index is 541. The van der Waals surface area contributed by atoms with Crippen LogP contribution in [0.2, 0.25) is 0 Å². The average Bonchev–Trinajstić information content (AvgIpc) is 2.52. The van der Waals surface area contributed by atoms with Gasteiger partial charge in [-0.2, -0.15) is 0 Å². The number of hydrogen-bond acceptors (Lipinski definition) is 4. The van der Waals surface area contributed by atoms with Crippen LogP contribution >= 0.6 is 0 Å². The first-order valence-electron chi connectivity index (χ1n) is 8.15. The molecule has 0 saturated carbocycles. The number of hydrogen-bond donors (Lipinski definition) is 1. The third-order valence-electron chi connectivity index (χ3n) is 4.90. The van der Waals surface area contributed by atoms with Gasteiger partial charge in [0.15, 0.2) is 0 Å². The molecule has 1 aromatic rings. The van der Waals surface area contributed by atoms with Gasteiger partial charge in [-0.1, -0.05) is 44.2 Å². The fourth-order valence-electron chi connectivity index (χ4n) is 3.26. The first-order valence-corrected chi connectivity index (χ1v) is 8.15. The maximum atomic E-state index is 10.8. The fourth-order valence-corrected chi connectivity index (χ4v) is 3.26. The van der Waals surface area contributed by atoms with E-state index in [0.717, 1.165) is 37.4 Å². The second-order valence-electron chi connectivity index (χ2n) is 6.98. The molecule has 1 aromatic carbocycles. The minimum Gasteiger partial charge on any atom is -0.496 e. The van der Waals surface area contributed by atoms with Gasteiger partial charge in [0.2, 0.25) is 0 Å². The van der Waals surface area contributed by atoms with E-state index in [1.807, 2.05) is 24.3 Å². The first kappa shape index (κ1) is 18.0. The molecule has 0 unspecified atom stereocenters. The summed E-state index contributed by atoms with van der Waals surface area (Å²) in [5.41, 5.74) is 0.145. The van der Waals surface area contributed by atoms with E-state index < -0.39 is 5.60 Å². The number of methoxy groups -OCH3 is 2. The van der Waals surface area contributed by atoms with Crippen molar-refractivity contribution in [3.05, 3.63) is 35.9 Å². The summed E-state index contributed by atoms with van der Waals surface area (Å²) in [7, 11) is 3.34. The summed E-state index contributed by atoms with van der Waals surface area (Å²) in [6.07, 6.45) is 4.99. The predicted octanol–water partition coefficient (Wildman–Crippen LogP) is 2.82. The van der Waals surface area contributed by atoms with E-state index in [9.17, 15) is 5.11 Å². The Morgan fingerprint density at radius 1 is 1.26 bits per heavy atom. The highest BCUT2D eigenvalue weighted by Gasteiger charge is 2.47. The quantitative estimate of drug-likeness (QED) is 0.875. The van der Waals surface area contributed by atoms with Crippen molar-refractivity contribution in [2.75, 3.05) is 40.5 Å². The van der Waals surface area contributed by atoms with Gasteiger partial charge in [-0.05, 0) is 12.5 Å². The second-order valence-corrected chi connectivity index (χ2v) is 6.98. The molecule has 4 nitrogen and oxygen atoms in total. The number of benzene rings is 1. The molecule has 128 valence electrons. The standard InChI is InChI=1S/C19H29NO3/c1-18(2)14-20(13-11-19(18,21)15-22-3)12-7-9-16-8-5-6-10-17(16)23-4/h5-10,21H,11-15H2,1-4H3/t19-/m1/s1. The molecular weight excluding hydrogens is 290 g/mol. The molecule has 0 amide bonds. The predicted molar refractivity (Wildman–Crippen MR) is 93.7 cm³/mol. The van der Waals surface area contributed by atoms with Crippen LogP contribution < -0.4 is 4.74 Å². The lowest BCUT2D eigenvalue weighted by Crippen LogP contribution is -2.59. The van der Waals surface area contributed by atoms with Gasteiger partial charge in [0.05, 0.1) is 19.3 Å². The Labute approximate surface area is 139 Å². The van der Waals surface area contributed by atoms with E-state index in [2.05, 4.69) is 30.9 Å². The molecule has 1 aliphatic heterocycles. The summed E-state index contributed by atoms with van der Waals surface area (Å²) in [6, 6.07) is 8.00. The molecule has 0 aromatic heterocycles. The van der Waals surface area contributed by atoms with Crippen LogP contribution in [0.4, 0.5) is 0 Å². The number of aliphatic hydroxyl groups is 1. The Kier molecular flexibility index (Phi) is 5.84. The van der Waals surface area contributed by atoms with Gasteiger partial charge in [-0.15, -0.1) is 0 Å². The molecule has 0 aliphatic carbocycles. The van der Waals surface area contributed by atoms with E-state index in [4.69, 9.17) is 9.47 Å². The summed E-state index contributed by atoms with van der Waals surface area (Å²) in [4.78, 5) is 2.37. The molecule has 1 heterocycles. The average molecular weight is 319 g/mol. The summed E-state index contributed by atoms with van der Waals surface area (Å²) in [5.74, 6) is 0.886. The largest absolute Gasteiger partial charge is 0.496 e. The van der Waals surface area contributed by atoms with Gasteiger partial charge >= 0.3 is 0 Å². The third kappa shape index (κ3) is 4.14. The van der Waals surface area contributed by atoms with Gasteiger partial charge in [0.1, 0.15) is 5.75 Å². The Morgan fingerprint density at radius 2 is 2.00 bits per heavy atom.